The molecule has 1 aromatic carbocycles. The molecule has 0 bridgehead atoms. The topological polar surface area (TPSA) is 0 Å². The molecule has 0 heterocycles. The van der Waals surface area contributed by atoms with Crippen LogP contribution >= 0.6 is 0 Å². The highest BCUT2D eigenvalue weighted by molar-refractivity contribution is 5.31. The van der Waals surface area contributed by atoms with E-state index in [9.17, 15) is 0 Å². The zero-order valence-corrected chi connectivity index (χ0v) is 7.65. The molecule has 0 nitrogen and oxygen atoms in total. The van der Waals surface area contributed by atoms with Gasteiger partial charge in [-0.2, -0.15) is 0 Å². The van der Waals surface area contributed by atoms with Gasteiger partial charge < -0.3 is 0 Å². The van der Waals surface area contributed by atoms with Gasteiger partial charge in [0.05, 0.1) is 0 Å². The van der Waals surface area contributed by atoms with Crippen molar-refractivity contribution < 1.29 is 0 Å². The lowest BCUT2D eigenvalue weighted by atomic mass is 10.0. The molecule has 0 atom stereocenters. The molecule has 0 amide bonds. The fourth-order valence-corrected chi connectivity index (χ4v) is 1.43. The highest BCUT2D eigenvalue weighted by Gasteiger charge is 1.96. The summed E-state index contributed by atoms with van der Waals surface area (Å²) in [6.45, 7) is 6.58. The van der Waals surface area contributed by atoms with Crippen LogP contribution in [-0.4, -0.2) is 0 Å². The Balaban J connectivity index is 3.06. The van der Waals surface area contributed by atoms with Crippen molar-refractivity contribution in [2.24, 2.45) is 0 Å². The van der Waals surface area contributed by atoms with Crippen molar-refractivity contribution in [2.45, 2.75) is 33.6 Å². The maximum atomic E-state index is 2.29. The van der Waals surface area contributed by atoms with Gasteiger partial charge in [-0.15, -0.1) is 0 Å². The van der Waals surface area contributed by atoms with E-state index in [1.54, 1.807) is 0 Å². The second-order valence-corrected chi connectivity index (χ2v) is 2.98. The molecule has 0 heteroatoms. The second-order valence-electron chi connectivity index (χ2n) is 2.98. The predicted molar refractivity (Wildman–Crippen MR) is 49.9 cm³/mol. The first-order valence-electron chi connectivity index (χ1n) is 4.36. The molecule has 11 heavy (non-hydrogen) atoms. The van der Waals surface area contributed by atoms with Crippen LogP contribution in [-0.2, 0) is 12.8 Å². The van der Waals surface area contributed by atoms with E-state index in [1.807, 2.05) is 0 Å². The minimum Gasteiger partial charge on any atom is -0.0613 e. The molecule has 0 fully saturated rings. The summed E-state index contributed by atoms with van der Waals surface area (Å²) in [5, 5.41) is 0. The third-order valence-corrected chi connectivity index (χ3v) is 2.12. The third kappa shape index (κ3) is 1.83. The van der Waals surface area contributed by atoms with E-state index in [4.69, 9.17) is 0 Å². The van der Waals surface area contributed by atoms with Gasteiger partial charge in [0.15, 0.2) is 0 Å². The Morgan fingerprint density at radius 2 is 1.64 bits per heavy atom. The van der Waals surface area contributed by atoms with E-state index in [-0.39, 0.29) is 0 Å². The lowest BCUT2D eigenvalue weighted by Crippen LogP contribution is -1.90. The van der Waals surface area contributed by atoms with Crippen molar-refractivity contribution in [3.05, 3.63) is 34.9 Å². The van der Waals surface area contributed by atoms with Gasteiger partial charge in [0.25, 0.3) is 0 Å². The highest BCUT2D eigenvalue weighted by Crippen LogP contribution is 2.12. The smallest absolute Gasteiger partial charge is 0.0305 e. The average molecular weight is 148 g/mol. The Bertz CT molecular complexity index is 236. The quantitative estimate of drug-likeness (QED) is 0.604. The Morgan fingerprint density at radius 3 is 2.18 bits per heavy atom. The van der Waals surface area contributed by atoms with Crippen molar-refractivity contribution in [1.29, 1.82) is 0 Å². The summed E-state index contributed by atoms with van der Waals surface area (Å²) in [5.41, 5.74) is 4.38. The van der Waals surface area contributed by atoms with Gasteiger partial charge in [0, 0.05) is 0 Å². The highest BCUT2D eigenvalue weighted by atomic mass is 14.0. The van der Waals surface area contributed by atoms with Crippen LogP contribution in [0.15, 0.2) is 18.2 Å². The molecular formula is C11H16. The van der Waals surface area contributed by atoms with E-state index >= 15 is 0 Å². The number of aryl methyl sites for hydroxylation is 3. The lowest BCUT2D eigenvalue weighted by molar-refractivity contribution is 1.03. The fraction of sp³-hybridized carbons (Fsp3) is 0.455. The van der Waals surface area contributed by atoms with Crippen LogP contribution in [0.3, 0.4) is 0 Å². The van der Waals surface area contributed by atoms with E-state index in [2.05, 4.69) is 39.0 Å². The molecule has 0 spiro atoms. The van der Waals surface area contributed by atoms with Crippen LogP contribution in [0.2, 0.25) is 0 Å². The molecule has 0 unspecified atom stereocenters. The SMILES string of the molecule is CCc1ccc(C)cc1CC. The molecule has 0 aliphatic heterocycles. The Kier molecular flexibility index (Phi) is 2.70. The van der Waals surface area contributed by atoms with Crippen LogP contribution < -0.4 is 0 Å². The van der Waals surface area contributed by atoms with Crippen LogP contribution in [0.1, 0.15) is 30.5 Å². The summed E-state index contributed by atoms with van der Waals surface area (Å²) in [6, 6.07) is 6.73. The molecule has 0 N–H and O–H groups in total. The number of hydrogen-bond donors (Lipinski definition) is 0. The van der Waals surface area contributed by atoms with E-state index in [1.165, 1.54) is 16.7 Å². The first kappa shape index (κ1) is 8.32. The van der Waals surface area contributed by atoms with Crippen LogP contribution in [0.4, 0.5) is 0 Å². The van der Waals surface area contributed by atoms with Crippen LogP contribution in [0, 0.1) is 6.92 Å². The first-order valence-corrected chi connectivity index (χ1v) is 4.36. The number of benzene rings is 1. The van der Waals surface area contributed by atoms with Crippen LogP contribution in [0.25, 0.3) is 0 Å². The minimum absolute atomic E-state index is 1.16. The Labute approximate surface area is 69.3 Å². The standard InChI is InChI=1S/C11H16/c1-4-10-7-6-9(3)8-11(10)5-2/h6-8H,4-5H2,1-3H3. The minimum atomic E-state index is 1.16. The number of hydrogen-bond acceptors (Lipinski definition) is 0. The number of rotatable bonds is 2. The molecule has 0 aromatic heterocycles. The van der Waals surface area contributed by atoms with Gasteiger partial charge in [-0.3, -0.25) is 0 Å². The monoisotopic (exact) mass is 148 g/mol. The summed E-state index contributed by atoms with van der Waals surface area (Å²) >= 11 is 0. The largest absolute Gasteiger partial charge is 0.0613 e. The predicted octanol–water partition coefficient (Wildman–Crippen LogP) is 3.12. The molecule has 1 aromatic rings. The summed E-state index contributed by atoms with van der Waals surface area (Å²) < 4.78 is 0. The normalized spacial score (nSPS) is 10.1. The van der Waals surface area contributed by atoms with Crippen molar-refractivity contribution in [3.63, 3.8) is 0 Å². The summed E-state index contributed by atoms with van der Waals surface area (Å²) in [4.78, 5) is 0. The maximum Gasteiger partial charge on any atom is -0.0305 e. The summed E-state index contributed by atoms with van der Waals surface area (Å²) in [7, 11) is 0. The second kappa shape index (κ2) is 3.56. The zero-order valence-electron chi connectivity index (χ0n) is 7.65. The van der Waals surface area contributed by atoms with Crippen molar-refractivity contribution in [3.8, 4) is 0 Å². The Hall–Kier alpha value is -0.780. The average Bonchev–Trinajstić information content (AvgIpc) is 2.04. The van der Waals surface area contributed by atoms with Gasteiger partial charge in [-0.1, -0.05) is 37.6 Å². The van der Waals surface area contributed by atoms with Gasteiger partial charge in [0.1, 0.15) is 0 Å². The van der Waals surface area contributed by atoms with Crippen molar-refractivity contribution in [1.82, 2.24) is 0 Å². The Morgan fingerprint density at radius 1 is 1.00 bits per heavy atom. The maximum absolute atomic E-state index is 2.29. The van der Waals surface area contributed by atoms with Gasteiger partial charge in [-0.25, -0.2) is 0 Å². The zero-order chi connectivity index (χ0) is 8.27. The summed E-state index contributed by atoms with van der Waals surface area (Å²) in [5.74, 6) is 0. The van der Waals surface area contributed by atoms with Gasteiger partial charge >= 0.3 is 0 Å². The van der Waals surface area contributed by atoms with E-state index in [0.29, 0.717) is 0 Å². The molecular weight excluding hydrogens is 132 g/mol. The van der Waals surface area contributed by atoms with Crippen LogP contribution in [0.5, 0.6) is 0 Å². The van der Waals surface area contributed by atoms with Crippen molar-refractivity contribution in [2.75, 3.05) is 0 Å². The van der Waals surface area contributed by atoms with Crippen molar-refractivity contribution >= 4 is 0 Å². The first-order chi connectivity index (χ1) is 5.27. The molecule has 0 aliphatic carbocycles. The van der Waals surface area contributed by atoms with E-state index < -0.39 is 0 Å². The molecule has 1 rings (SSSR count). The molecule has 60 valence electrons. The molecule has 0 saturated carbocycles. The molecule has 0 radical (unpaired) electrons. The molecule has 0 aliphatic rings. The van der Waals surface area contributed by atoms with Gasteiger partial charge in [0.2, 0.25) is 0 Å². The lowest BCUT2D eigenvalue weighted by Gasteiger charge is -2.05. The fourth-order valence-electron chi connectivity index (χ4n) is 1.43. The van der Waals surface area contributed by atoms with Gasteiger partial charge in [-0.05, 0) is 30.9 Å². The third-order valence-electron chi connectivity index (χ3n) is 2.12. The molecule has 0 saturated heterocycles. The summed E-state index contributed by atoms with van der Waals surface area (Å²) in [6.07, 6.45) is 2.31. The van der Waals surface area contributed by atoms with E-state index in [0.717, 1.165) is 12.8 Å².